The van der Waals surface area contributed by atoms with Crippen molar-refractivity contribution >= 4 is 29.1 Å². The van der Waals surface area contributed by atoms with Crippen LogP contribution in [0.3, 0.4) is 0 Å². The van der Waals surface area contributed by atoms with Crippen LogP contribution in [0.15, 0.2) is 23.7 Å². The van der Waals surface area contributed by atoms with Crippen molar-refractivity contribution in [2.24, 2.45) is 5.41 Å². The lowest BCUT2D eigenvalue weighted by atomic mass is 9.85. The Morgan fingerprint density at radius 2 is 2.00 bits per heavy atom. The predicted octanol–water partition coefficient (Wildman–Crippen LogP) is 3.18. The SMILES string of the molecule is CC(=O)N[C@@H](C(=O)N1C[C@@H](O)C[C@@H]1C(=O)NCc1ccc(-c2scnc2C)cc1OC1CCC1)C(C)(C)C. The first-order valence-corrected chi connectivity index (χ1v) is 14.1. The summed E-state index contributed by atoms with van der Waals surface area (Å²) in [6, 6.07) is 4.34. The molecule has 4 rings (SSSR count). The fraction of sp³-hybridized carbons (Fsp3) is 0.571. The monoisotopic (exact) mass is 542 g/mol. The summed E-state index contributed by atoms with van der Waals surface area (Å²) in [6.45, 7) is 9.18. The highest BCUT2D eigenvalue weighted by Gasteiger charge is 2.44. The summed E-state index contributed by atoms with van der Waals surface area (Å²) in [5.74, 6) is -0.307. The van der Waals surface area contributed by atoms with Crippen LogP contribution in [0.2, 0.25) is 0 Å². The van der Waals surface area contributed by atoms with Gasteiger partial charge in [-0.2, -0.15) is 0 Å². The lowest BCUT2D eigenvalue weighted by Crippen LogP contribution is -2.57. The molecule has 0 spiro atoms. The Kier molecular flexibility index (Phi) is 8.42. The van der Waals surface area contributed by atoms with Gasteiger partial charge in [0.25, 0.3) is 0 Å². The van der Waals surface area contributed by atoms with E-state index in [2.05, 4.69) is 15.6 Å². The fourth-order valence-electron chi connectivity index (χ4n) is 4.82. The first kappa shape index (κ1) is 28.0. The smallest absolute Gasteiger partial charge is 0.246 e. The molecule has 9 nitrogen and oxygen atoms in total. The van der Waals surface area contributed by atoms with Crippen LogP contribution in [0.1, 0.15) is 64.6 Å². The van der Waals surface area contributed by atoms with Crippen LogP contribution in [0.5, 0.6) is 5.75 Å². The summed E-state index contributed by atoms with van der Waals surface area (Å²) >= 11 is 1.58. The summed E-state index contributed by atoms with van der Waals surface area (Å²) < 4.78 is 6.29. The molecule has 2 aromatic rings. The van der Waals surface area contributed by atoms with Crippen molar-refractivity contribution in [1.29, 1.82) is 0 Å². The van der Waals surface area contributed by atoms with E-state index in [-0.39, 0.29) is 43.3 Å². The normalized spacial score (nSPS) is 20.5. The number of benzene rings is 1. The zero-order chi connectivity index (χ0) is 27.6. The van der Waals surface area contributed by atoms with Gasteiger partial charge in [-0.3, -0.25) is 14.4 Å². The van der Waals surface area contributed by atoms with Gasteiger partial charge in [-0.1, -0.05) is 32.9 Å². The Labute approximate surface area is 228 Å². The van der Waals surface area contributed by atoms with E-state index in [0.29, 0.717) is 0 Å². The maximum Gasteiger partial charge on any atom is 0.246 e. The minimum atomic E-state index is -0.828. The number of carbonyl (C=O) groups is 3. The van der Waals surface area contributed by atoms with E-state index >= 15 is 0 Å². The van der Waals surface area contributed by atoms with Gasteiger partial charge in [0.05, 0.1) is 28.3 Å². The molecule has 1 aromatic carbocycles. The van der Waals surface area contributed by atoms with E-state index in [1.807, 2.05) is 51.4 Å². The summed E-state index contributed by atoms with van der Waals surface area (Å²) in [5.41, 5.74) is 4.09. The Hall–Kier alpha value is -2.98. The molecule has 2 fully saturated rings. The number of thiazole rings is 1. The molecule has 206 valence electrons. The van der Waals surface area contributed by atoms with Crippen molar-refractivity contribution in [2.45, 2.75) is 91.1 Å². The van der Waals surface area contributed by atoms with E-state index in [1.165, 1.54) is 11.8 Å². The topological polar surface area (TPSA) is 121 Å². The molecule has 10 heteroatoms. The van der Waals surface area contributed by atoms with E-state index in [9.17, 15) is 19.5 Å². The maximum atomic E-state index is 13.5. The van der Waals surface area contributed by atoms with E-state index < -0.39 is 23.6 Å². The lowest BCUT2D eigenvalue weighted by Gasteiger charge is -2.35. The molecule has 3 N–H and O–H groups in total. The molecule has 1 saturated carbocycles. The number of hydrogen-bond acceptors (Lipinski definition) is 7. The third-order valence-electron chi connectivity index (χ3n) is 7.20. The Balaban J connectivity index is 1.50. The average molecular weight is 543 g/mol. The number of nitrogens with zero attached hydrogens (tertiary/aromatic N) is 2. The number of amides is 3. The van der Waals surface area contributed by atoms with Crippen molar-refractivity contribution in [3.05, 3.63) is 35.0 Å². The second kappa shape index (κ2) is 11.4. The standard InChI is InChI=1S/C28H38N4O5S/c1-16-24(38-15-30-16)18-9-10-19(23(11-18)37-21-7-6-8-21)13-29-26(35)22-12-20(34)14-32(22)27(36)25(28(3,4)5)31-17(2)33/h9-11,15,20-22,25,34H,6-8,12-14H2,1-5H3,(H,29,35)(H,31,33)/t20-,22+,25-/m0/s1. The first-order valence-electron chi connectivity index (χ1n) is 13.2. The number of β-amino-alcohol motifs (C(OH)–C–C–N with tert-alkyl or cyclic N) is 1. The lowest BCUT2D eigenvalue weighted by molar-refractivity contribution is -0.143. The number of carbonyl (C=O) groups excluding carboxylic acids is 3. The van der Waals surface area contributed by atoms with Crippen molar-refractivity contribution < 1.29 is 24.2 Å². The molecule has 1 aliphatic carbocycles. The highest BCUT2D eigenvalue weighted by molar-refractivity contribution is 7.13. The van der Waals surface area contributed by atoms with Gasteiger partial charge < -0.3 is 25.4 Å². The van der Waals surface area contributed by atoms with Crippen LogP contribution in [-0.4, -0.2) is 63.5 Å². The highest BCUT2D eigenvalue weighted by Crippen LogP contribution is 2.34. The summed E-state index contributed by atoms with van der Waals surface area (Å²) in [7, 11) is 0. The molecule has 0 unspecified atom stereocenters. The molecule has 3 amide bonds. The number of aryl methyl sites for hydroxylation is 1. The summed E-state index contributed by atoms with van der Waals surface area (Å²) in [6.07, 6.45) is 2.66. The first-order chi connectivity index (χ1) is 17.9. The second-order valence-electron chi connectivity index (χ2n) is 11.4. The Morgan fingerprint density at radius 1 is 1.26 bits per heavy atom. The van der Waals surface area contributed by atoms with Crippen LogP contribution in [0.25, 0.3) is 10.4 Å². The molecule has 1 aromatic heterocycles. The van der Waals surface area contributed by atoms with E-state index in [4.69, 9.17) is 4.74 Å². The average Bonchev–Trinajstić information content (AvgIpc) is 3.42. The Bertz CT molecular complexity index is 1190. The van der Waals surface area contributed by atoms with Gasteiger partial charge >= 0.3 is 0 Å². The minimum Gasteiger partial charge on any atom is -0.490 e. The van der Waals surface area contributed by atoms with Crippen LogP contribution in [0, 0.1) is 12.3 Å². The van der Waals surface area contributed by atoms with Crippen molar-refractivity contribution in [3.63, 3.8) is 0 Å². The molecule has 2 aliphatic rings. The number of aliphatic hydroxyl groups is 1. The van der Waals surface area contributed by atoms with Crippen molar-refractivity contribution in [3.8, 4) is 16.2 Å². The molecule has 1 aliphatic heterocycles. The third kappa shape index (κ3) is 6.35. The van der Waals surface area contributed by atoms with Gasteiger partial charge in [0.1, 0.15) is 17.8 Å². The van der Waals surface area contributed by atoms with Crippen LogP contribution in [0.4, 0.5) is 0 Å². The fourth-order valence-corrected chi connectivity index (χ4v) is 5.63. The molecular weight excluding hydrogens is 504 g/mol. The van der Waals surface area contributed by atoms with Gasteiger partial charge in [-0.15, -0.1) is 11.3 Å². The molecule has 0 radical (unpaired) electrons. The predicted molar refractivity (Wildman–Crippen MR) is 146 cm³/mol. The number of aliphatic hydroxyl groups excluding tert-OH is 1. The van der Waals surface area contributed by atoms with Crippen LogP contribution >= 0.6 is 11.3 Å². The zero-order valence-electron chi connectivity index (χ0n) is 22.7. The maximum absolute atomic E-state index is 13.5. The number of rotatable bonds is 8. The highest BCUT2D eigenvalue weighted by atomic mass is 32.1. The number of hydrogen-bond donors (Lipinski definition) is 3. The van der Waals surface area contributed by atoms with E-state index in [0.717, 1.165) is 46.7 Å². The van der Waals surface area contributed by atoms with Crippen molar-refractivity contribution in [1.82, 2.24) is 20.5 Å². The van der Waals surface area contributed by atoms with Crippen LogP contribution in [-0.2, 0) is 20.9 Å². The number of likely N-dealkylation sites (tertiary alicyclic amines) is 1. The number of aromatic nitrogens is 1. The minimum absolute atomic E-state index is 0.0437. The zero-order valence-corrected chi connectivity index (χ0v) is 23.6. The van der Waals surface area contributed by atoms with Gasteiger partial charge in [-0.25, -0.2) is 4.98 Å². The molecule has 3 atom stereocenters. The molecule has 38 heavy (non-hydrogen) atoms. The largest absolute Gasteiger partial charge is 0.490 e. The Morgan fingerprint density at radius 3 is 2.58 bits per heavy atom. The summed E-state index contributed by atoms with van der Waals surface area (Å²) in [4.78, 5) is 45.4. The van der Waals surface area contributed by atoms with Crippen molar-refractivity contribution in [2.75, 3.05) is 6.54 Å². The van der Waals surface area contributed by atoms with E-state index in [1.54, 1.807) is 11.3 Å². The van der Waals surface area contributed by atoms with Gasteiger partial charge in [0.2, 0.25) is 17.7 Å². The second-order valence-corrected chi connectivity index (χ2v) is 12.2. The number of ether oxygens (including phenoxy) is 1. The van der Waals surface area contributed by atoms with Crippen LogP contribution < -0.4 is 15.4 Å². The molecule has 2 heterocycles. The van der Waals surface area contributed by atoms with Gasteiger partial charge in [-0.05, 0) is 43.2 Å². The molecule has 1 saturated heterocycles. The quantitative estimate of drug-likeness (QED) is 0.471. The van der Waals surface area contributed by atoms with Gasteiger partial charge in [0, 0.05) is 32.0 Å². The molecule has 0 bridgehead atoms. The van der Waals surface area contributed by atoms with Gasteiger partial charge in [0.15, 0.2) is 0 Å². The molecular formula is C28H38N4O5S. The summed E-state index contributed by atoms with van der Waals surface area (Å²) in [5, 5.41) is 16.0. The third-order valence-corrected chi connectivity index (χ3v) is 8.18. The number of nitrogens with one attached hydrogen (secondary N) is 2.